The molecule has 0 atom stereocenters. The number of aryl methyl sites for hydroxylation is 1. The van der Waals surface area contributed by atoms with Gasteiger partial charge in [0.25, 0.3) is 0 Å². The fraction of sp³-hybridized carbons (Fsp3) is 0.100. The van der Waals surface area contributed by atoms with Crippen LogP contribution in [0, 0.1) is 6.92 Å². The van der Waals surface area contributed by atoms with Crippen LogP contribution in [-0.4, -0.2) is 14.4 Å². The normalized spacial score (nSPS) is 10.0. The van der Waals surface area contributed by atoms with Crippen molar-refractivity contribution in [2.45, 2.75) is 11.8 Å². The Labute approximate surface area is 89.1 Å². The molecule has 0 unspecified atom stereocenters. The molecule has 0 amide bonds. The summed E-state index contributed by atoms with van der Waals surface area (Å²) in [5, 5.41) is 0. The van der Waals surface area contributed by atoms with Crippen molar-refractivity contribution >= 4 is 16.7 Å². The van der Waals surface area contributed by atoms with Crippen LogP contribution < -0.4 is 4.74 Å². The Morgan fingerprint density at radius 2 is 2.13 bits per heavy atom. The van der Waals surface area contributed by atoms with Gasteiger partial charge in [-0.25, -0.2) is 13.2 Å². The number of ether oxygens (including phenoxy) is 1. The molecule has 0 fully saturated rings. The fourth-order valence-corrected chi connectivity index (χ4v) is 1.49. The first-order chi connectivity index (χ1) is 7.04. The average Bonchev–Trinajstić information content (AvgIpc) is 2.17. The lowest BCUT2D eigenvalue weighted by Crippen LogP contribution is -2.05. The molecular weight excluding hydrogens is 216 g/mol. The lowest BCUT2D eigenvalue weighted by atomic mass is 10.2. The van der Waals surface area contributed by atoms with Crippen molar-refractivity contribution in [1.82, 2.24) is 0 Å². The van der Waals surface area contributed by atoms with Gasteiger partial charge in [0.1, 0.15) is 10.6 Å². The zero-order valence-corrected chi connectivity index (χ0v) is 8.99. The molecule has 0 heterocycles. The Morgan fingerprint density at radius 1 is 1.47 bits per heavy atom. The van der Waals surface area contributed by atoms with Crippen molar-refractivity contribution < 1.29 is 17.9 Å². The van der Waals surface area contributed by atoms with Crippen LogP contribution in [0.4, 0.5) is 0 Å². The molecule has 0 saturated heterocycles. The van der Waals surface area contributed by atoms with E-state index in [1.807, 2.05) is 0 Å². The van der Waals surface area contributed by atoms with Crippen molar-refractivity contribution in [2.24, 2.45) is 0 Å². The molecule has 80 valence electrons. The van der Waals surface area contributed by atoms with Gasteiger partial charge in [-0.3, -0.25) is 0 Å². The smallest absolute Gasteiger partial charge is 0.335 e. The Hall–Kier alpha value is -1.62. The summed E-state index contributed by atoms with van der Waals surface area (Å²) < 4.78 is 26.4. The van der Waals surface area contributed by atoms with Crippen LogP contribution in [0.2, 0.25) is 0 Å². The number of esters is 1. The van der Waals surface area contributed by atoms with E-state index in [1.54, 1.807) is 13.0 Å². The lowest BCUT2D eigenvalue weighted by molar-refractivity contribution is -0.129. The third kappa shape index (κ3) is 2.92. The highest BCUT2D eigenvalue weighted by Gasteiger charge is 2.09. The molecule has 1 rings (SSSR count). The van der Waals surface area contributed by atoms with Crippen LogP contribution in [0.15, 0.2) is 35.7 Å². The standard InChI is InChI=1S/C10H10O4S/c1-3-10(11)14-8-6-7(2)4-5-9(8)15(12)13/h3-6,15H,1H2,2H3. The van der Waals surface area contributed by atoms with Crippen LogP contribution in [-0.2, 0) is 15.5 Å². The molecule has 1 aromatic carbocycles. The lowest BCUT2D eigenvalue weighted by Gasteiger charge is -2.04. The third-order valence-electron chi connectivity index (χ3n) is 1.69. The largest absolute Gasteiger partial charge is 0.422 e. The minimum atomic E-state index is -2.78. The first-order valence-corrected chi connectivity index (χ1v) is 5.31. The molecule has 0 aromatic heterocycles. The van der Waals surface area contributed by atoms with E-state index >= 15 is 0 Å². The Kier molecular flexibility index (Phi) is 3.62. The molecule has 15 heavy (non-hydrogen) atoms. The van der Waals surface area contributed by atoms with Gasteiger partial charge in [0.2, 0.25) is 0 Å². The van der Waals surface area contributed by atoms with Gasteiger partial charge in [-0.15, -0.1) is 0 Å². The second-order valence-corrected chi connectivity index (χ2v) is 3.85. The highest BCUT2D eigenvalue weighted by molar-refractivity contribution is 7.72. The number of benzene rings is 1. The summed E-state index contributed by atoms with van der Waals surface area (Å²) >= 11 is 0. The van der Waals surface area contributed by atoms with E-state index in [0.29, 0.717) is 0 Å². The molecule has 4 nitrogen and oxygen atoms in total. The van der Waals surface area contributed by atoms with Crippen molar-refractivity contribution in [2.75, 3.05) is 0 Å². The van der Waals surface area contributed by atoms with E-state index in [2.05, 4.69) is 6.58 Å². The molecular formula is C10H10O4S. The van der Waals surface area contributed by atoms with Gasteiger partial charge in [-0.1, -0.05) is 12.6 Å². The summed E-state index contributed by atoms with van der Waals surface area (Å²) in [5.41, 5.74) is 0.808. The number of carbonyl (C=O) groups is 1. The molecule has 0 aliphatic rings. The van der Waals surface area contributed by atoms with Gasteiger partial charge >= 0.3 is 5.97 Å². The van der Waals surface area contributed by atoms with Crippen molar-refractivity contribution in [3.05, 3.63) is 36.4 Å². The maximum Gasteiger partial charge on any atom is 0.335 e. The summed E-state index contributed by atoms with van der Waals surface area (Å²) in [4.78, 5) is 10.9. The highest BCUT2D eigenvalue weighted by atomic mass is 32.2. The second kappa shape index (κ2) is 4.75. The molecule has 1 aromatic rings. The third-order valence-corrected chi connectivity index (χ3v) is 2.45. The Morgan fingerprint density at radius 3 is 2.67 bits per heavy atom. The summed E-state index contributed by atoms with van der Waals surface area (Å²) in [6.07, 6.45) is 0.976. The van der Waals surface area contributed by atoms with Crippen LogP contribution in [0.25, 0.3) is 0 Å². The monoisotopic (exact) mass is 226 g/mol. The van der Waals surface area contributed by atoms with Crippen LogP contribution in [0.3, 0.4) is 0 Å². The topological polar surface area (TPSA) is 60.4 Å². The first kappa shape index (κ1) is 11.5. The Bertz CT molecular complexity index is 466. The Balaban J connectivity index is 3.18. The second-order valence-electron chi connectivity index (χ2n) is 2.85. The predicted molar refractivity (Wildman–Crippen MR) is 55.6 cm³/mol. The SMILES string of the molecule is C=CC(=O)Oc1cc(C)ccc1[SH](=O)=O. The fourth-order valence-electron chi connectivity index (χ4n) is 1.00. The van der Waals surface area contributed by atoms with Gasteiger partial charge < -0.3 is 4.74 Å². The van der Waals surface area contributed by atoms with Gasteiger partial charge in [-0.05, 0) is 24.6 Å². The molecule has 0 N–H and O–H groups in total. The van der Waals surface area contributed by atoms with Crippen molar-refractivity contribution in [1.29, 1.82) is 0 Å². The summed E-state index contributed by atoms with van der Waals surface area (Å²) in [6.45, 7) is 5.00. The van der Waals surface area contributed by atoms with Crippen molar-refractivity contribution in [3.63, 3.8) is 0 Å². The summed E-state index contributed by atoms with van der Waals surface area (Å²) in [6, 6.07) is 4.51. The molecule has 0 aliphatic heterocycles. The van der Waals surface area contributed by atoms with Crippen molar-refractivity contribution in [3.8, 4) is 5.75 Å². The van der Waals surface area contributed by atoms with E-state index in [0.717, 1.165) is 11.6 Å². The predicted octanol–water partition coefficient (Wildman–Crippen LogP) is 1.06. The van der Waals surface area contributed by atoms with Gasteiger partial charge in [0.05, 0.1) is 0 Å². The zero-order chi connectivity index (χ0) is 11.4. The highest BCUT2D eigenvalue weighted by Crippen LogP contribution is 2.21. The quantitative estimate of drug-likeness (QED) is 0.362. The molecule has 0 aliphatic carbocycles. The van der Waals surface area contributed by atoms with Gasteiger partial charge in [0, 0.05) is 6.08 Å². The van der Waals surface area contributed by atoms with E-state index in [9.17, 15) is 13.2 Å². The number of hydrogen-bond acceptors (Lipinski definition) is 4. The number of thiol groups is 1. The summed E-state index contributed by atoms with van der Waals surface area (Å²) in [7, 11) is -2.78. The van der Waals surface area contributed by atoms with E-state index in [1.165, 1.54) is 12.1 Å². The first-order valence-electron chi connectivity index (χ1n) is 4.14. The van der Waals surface area contributed by atoms with Crippen LogP contribution in [0.5, 0.6) is 5.75 Å². The molecule has 0 bridgehead atoms. The van der Waals surface area contributed by atoms with E-state index < -0.39 is 16.7 Å². The maximum absolute atomic E-state index is 10.9. The van der Waals surface area contributed by atoms with Crippen LogP contribution >= 0.6 is 0 Å². The maximum atomic E-state index is 10.9. The minimum Gasteiger partial charge on any atom is -0.422 e. The number of carbonyl (C=O) groups excluding carboxylic acids is 1. The van der Waals surface area contributed by atoms with Gasteiger partial charge in [-0.2, -0.15) is 0 Å². The number of rotatable bonds is 3. The average molecular weight is 226 g/mol. The van der Waals surface area contributed by atoms with Gasteiger partial charge in [0.15, 0.2) is 10.7 Å². The molecule has 5 heteroatoms. The van der Waals surface area contributed by atoms with Crippen LogP contribution in [0.1, 0.15) is 5.56 Å². The summed E-state index contributed by atoms with van der Waals surface area (Å²) in [5.74, 6) is -0.644. The van der Waals surface area contributed by atoms with E-state index in [4.69, 9.17) is 4.74 Å². The van der Waals surface area contributed by atoms with E-state index in [-0.39, 0.29) is 10.6 Å². The molecule has 0 spiro atoms. The zero-order valence-electron chi connectivity index (χ0n) is 8.10. The molecule has 0 radical (unpaired) electrons. The molecule has 0 saturated carbocycles. The minimum absolute atomic E-state index is 0.00852. The number of hydrogen-bond donors (Lipinski definition) is 1.